The van der Waals surface area contributed by atoms with E-state index in [1.54, 1.807) is 31.4 Å². The molecule has 0 saturated heterocycles. The SMILES string of the molecule is COc1ccc(C(=O)CSc2nnc(COc3c(C)cccc3C)n2C)cc1. The summed E-state index contributed by atoms with van der Waals surface area (Å²) in [5, 5.41) is 9.07. The van der Waals surface area contributed by atoms with Crippen LogP contribution in [0.5, 0.6) is 11.5 Å². The average Bonchev–Trinajstić information content (AvgIpc) is 3.05. The van der Waals surface area contributed by atoms with E-state index < -0.39 is 0 Å². The van der Waals surface area contributed by atoms with Gasteiger partial charge in [-0.25, -0.2) is 0 Å². The topological polar surface area (TPSA) is 66.2 Å². The van der Waals surface area contributed by atoms with Gasteiger partial charge in [0.1, 0.15) is 18.1 Å². The molecule has 0 atom stereocenters. The van der Waals surface area contributed by atoms with E-state index in [1.165, 1.54) is 11.8 Å². The van der Waals surface area contributed by atoms with Crippen LogP contribution < -0.4 is 9.47 Å². The van der Waals surface area contributed by atoms with Gasteiger partial charge in [-0.2, -0.15) is 0 Å². The summed E-state index contributed by atoms with van der Waals surface area (Å²) in [4.78, 5) is 12.4. The van der Waals surface area contributed by atoms with Gasteiger partial charge in [0.05, 0.1) is 12.9 Å². The van der Waals surface area contributed by atoms with E-state index in [4.69, 9.17) is 9.47 Å². The van der Waals surface area contributed by atoms with Gasteiger partial charge in [0, 0.05) is 12.6 Å². The third-order valence-corrected chi connectivity index (χ3v) is 5.44. The number of nitrogens with zero attached hydrogens (tertiary/aromatic N) is 3. The summed E-state index contributed by atoms with van der Waals surface area (Å²) in [6.45, 7) is 4.36. The molecule has 0 aliphatic rings. The Labute approximate surface area is 168 Å². The van der Waals surface area contributed by atoms with E-state index in [9.17, 15) is 4.79 Å². The number of ether oxygens (including phenoxy) is 2. The van der Waals surface area contributed by atoms with Crippen LogP contribution in [0.1, 0.15) is 27.3 Å². The van der Waals surface area contributed by atoms with Crippen LogP contribution in [0.2, 0.25) is 0 Å². The molecule has 0 spiro atoms. The van der Waals surface area contributed by atoms with Gasteiger partial charge in [0.2, 0.25) is 0 Å². The van der Waals surface area contributed by atoms with Crippen LogP contribution in [0.4, 0.5) is 0 Å². The molecule has 0 saturated carbocycles. The highest BCUT2D eigenvalue weighted by atomic mass is 32.2. The molecule has 0 fully saturated rings. The Bertz CT molecular complexity index is 947. The fraction of sp³-hybridized carbons (Fsp3) is 0.286. The fourth-order valence-corrected chi connectivity index (χ4v) is 3.57. The number of para-hydroxylation sites is 1. The van der Waals surface area contributed by atoms with Crippen LogP contribution in [0.15, 0.2) is 47.6 Å². The van der Waals surface area contributed by atoms with E-state index in [0.717, 1.165) is 22.6 Å². The number of thioether (sulfide) groups is 1. The predicted octanol–water partition coefficient (Wildman–Crippen LogP) is 3.99. The van der Waals surface area contributed by atoms with Crippen molar-refractivity contribution in [2.24, 2.45) is 7.05 Å². The quantitative estimate of drug-likeness (QED) is 0.423. The molecular weight excluding hydrogens is 374 g/mol. The second kappa shape index (κ2) is 8.93. The molecule has 28 heavy (non-hydrogen) atoms. The van der Waals surface area contributed by atoms with Crippen molar-refractivity contribution in [1.29, 1.82) is 0 Å². The number of aromatic nitrogens is 3. The van der Waals surface area contributed by atoms with Crippen molar-refractivity contribution in [2.75, 3.05) is 12.9 Å². The molecule has 146 valence electrons. The monoisotopic (exact) mass is 397 g/mol. The van der Waals surface area contributed by atoms with Crippen molar-refractivity contribution < 1.29 is 14.3 Å². The van der Waals surface area contributed by atoms with Crippen molar-refractivity contribution in [3.05, 3.63) is 65.0 Å². The van der Waals surface area contributed by atoms with E-state index in [0.29, 0.717) is 23.2 Å². The smallest absolute Gasteiger partial charge is 0.191 e. The van der Waals surface area contributed by atoms with Gasteiger partial charge in [-0.3, -0.25) is 4.79 Å². The zero-order valence-electron chi connectivity index (χ0n) is 16.4. The summed E-state index contributed by atoms with van der Waals surface area (Å²) >= 11 is 1.36. The third kappa shape index (κ3) is 4.54. The molecule has 2 aromatic carbocycles. The first-order valence-electron chi connectivity index (χ1n) is 8.87. The second-order valence-electron chi connectivity index (χ2n) is 6.41. The number of carbonyl (C=O) groups excluding carboxylic acids is 1. The van der Waals surface area contributed by atoms with Gasteiger partial charge < -0.3 is 14.0 Å². The third-order valence-electron chi connectivity index (χ3n) is 4.42. The molecule has 0 bridgehead atoms. The van der Waals surface area contributed by atoms with Crippen LogP contribution in [-0.2, 0) is 13.7 Å². The number of Topliss-reactive ketones (excluding diaryl/α,β-unsaturated/α-hetero) is 1. The maximum Gasteiger partial charge on any atom is 0.191 e. The lowest BCUT2D eigenvalue weighted by molar-refractivity contribution is 0.102. The normalized spacial score (nSPS) is 10.7. The van der Waals surface area contributed by atoms with Crippen molar-refractivity contribution in [1.82, 2.24) is 14.8 Å². The van der Waals surface area contributed by atoms with Gasteiger partial charge in [-0.05, 0) is 49.2 Å². The molecule has 6 nitrogen and oxygen atoms in total. The van der Waals surface area contributed by atoms with E-state index >= 15 is 0 Å². The number of hydrogen-bond donors (Lipinski definition) is 0. The van der Waals surface area contributed by atoms with Crippen molar-refractivity contribution >= 4 is 17.5 Å². The van der Waals surface area contributed by atoms with Crippen molar-refractivity contribution in [3.8, 4) is 11.5 Å². The Kier molecular flexibility index (Phi) is 6.36. The molecule has 1 aromatic heterocycles. The number of methoxy groups -OCH3 is 1. The zero-order valence-corrected chi connectivity index (χ0v) is 17.2. The molecule has 0 amide bonds. The molecule has 0 unspecified atom stereocenters. The summed E-state index contributed by atoms with van der Waals surface area (Å²) < 4.78 is 12.9. The molecule has 0 aliphatic heterocycles. The minimum absolute atomic E-state index is 0.0315. The predicted molar refractivity (Wildman–Crippen MR) is 109 cm³/mol. The highest BCUT2D eigenvalue weighted by Crippen LogP contribution is 2.24. The molecular formula is C21H23N3O3S. The number of hydrogen-bond acceptors (Lipinski definition) is 6. The number of ketones is 1. The number of benzene rings is 2. The van der Waals surface area contributed by atoms with Crippen molar-refractivity contribution in [2.45, 2.75) is 25.6 Å². The van der Waals surface area contributed by atoms with E-state index in [2.05, 4.69) is 10.2 Å². The lowest BCUT2D eigenvalue weighted by atomic mass is 10.1. The van der Waals surface area contributed by atoms with E-state index in [-0.39, 0.29) is 11.5 Å². The standard InChI is InChI=1S/C21H23N3O3S/c1-14-6-5-7-15(2)20(14)27-12-19-22-23-21(24(19)3)28-13-18(25)16-8-10-17(26-4)11-9-16/h5-11H,12-13H2,1-4H3. The first kappa shape index (κ1) is 19.9. The number of carbonyl (C=O) groups is 1. The maximum absolute atomic E-state index is 12.4. The summed E-state index contributed by atoms with van der Waals surface area (Å²) in [5.41, 5.74) is 2.82. The maximum atomic E-state index is 12.4. The first-order valence-corrected chi connectivity index (χ1v) is 9.85. The van der Waals surface area contributed by atoms with Crippen molar-refractivity contribution in [3.63, 3.8) is 0 Å². The molecule has 0 N–H and O–H groups in total. The molecule has 0 radical (unpaired) electrons. The van der Waals surface area contributed by atoms with Gasteiger partial charge in [0.25, 0.3) is 0 Å². The van der Waals surface area contributed by atoms with Gasteiger partial charge in [-0.15, -0.1) is 10.2 Å². The largest absolute Gasteiger partial charge is 0.497 e. The summed E-state index contributed by atoms with van der Waals surface area (Å²) in [6.07, 6.45) is 0. The Morgan fingerprint density at radius 1 is 1.07 bits per heavy atom. The average molecular weight is 398 g/mol. The highest BCUT2D eigenvalue weighted by molar-refractivity contribution is 7.99. The molecule has 7 heteroatoms. The molecule has 1 heterocycles. The zero-order chi connectivity index (χ0) is 20.1. The molecule has 0 aliphatic carbocycles. The van der Waals surface area contributed by atoms with Crippen LogP contribution >= 0.6 is 11.8 Å². The number of rotatable bonds is 8. The minimum atomic E-state index is 0.0315. The lowest BCUT2D eigenvalue weighted by Gasteiger charge is -2.11. The second-order valence-corrected chi connectivity index (χ2v) is 7.35. The Hall–Kier alpha value is -2.80. The van der Waals surface area contributed by atoms with Gasteiger partial charge in [-0.1, -0.05) is 30.0 Å². The number of aryl methyl sites for hydroxylation is 2. The summed E-state index contributed by atoms with van der Waals surface area (Å²) in [7, 11) is 3.48. The fourth-order valence-electron chi connectivity index (χ4n) is 2.75. The first-order chi connectivity index (χ1) is 13.5. The van der Waals surface area contributed by atoms with Crippen LogP contribution in [0.25, 0.3) is 0 Å². The van der Waals surface area contributed by atoms with Crippen LogP contribution in [0, 0.1) is 13.8 Å². The van der Waals surface area contributed by atoms with Gasteiger partial charge in [0.15, 0.2) is 16.8 Å². The highest BCUT2D eigenvalue weighted by Gasteiger charge is 2.14. The lowest BCUT2D eigenvalue weighted by Crippen LogP contribution is -2.07. The summed E-state index contributed by atoms with van der Waals surface area (Å²) in [6, 6.07) is 13.1. The minimum Gasteiger partial charge on any atom is -0.497 e. The van der Waals surface area contributed by atoms with E-state index in [1.807, 2.05) is 43.7 Å². The molecule has 3 rings (SSSR count). The molecule has 3 aromatic rings. The van der Waals surface area contributed by atoms with Crippen LogP contribution in [-0.4, -0.2) is 33.4 Å². The Morgan fingerprint density at radius 3 is 2.39 bits per heavy atom. The van der Waals surface area contributed by atoms with Gasteiger partial charge >= 0.3 is 0 Å². The Morgan fingerprint density at radius 2 is 1.75 bits per heavy atom. The Balaban J connectivity index is 1.60. The summed E-state index contributed by atoms with van der Waals surface area (Å²) in [5.74, 6) is 2.63. The van der Waals surface area contributed by atoms with Crippen LogP contribution in [0.3, 0.4) is 0 Å².